The zero-order chi connectivity index (χ0) is 45.3. The van der Waals surface area contributed by atoms with Crippen molar-refractivity contribution < 1.29 is 32.3 Å². The molecule has 0 unspecified atom stereocenters. The molecule has 5 aromatic rings. The van der Waals surface area contributed by atoms with Gasteiger partial charge in [0.05, 0.1) is 34.3 Å². The second-order valence-corrected chi connectivity index (χ2v) is 20.3. The van der Waals surface area contributed by atoms with Crippen LogP contribution in [-0.2, 0) is 14.8 Å². The van der Waals surface area contributed by atoms with Crippen LogP contribution in [0, 0.1) is 21.4 Å². The summed E-state index contributed by atoms with van der Waals surface area (Å²) in [6.07, 6.45) is 7.12. The Hall–Kier alpha value is -5.68. The number of aromatic amines is 1. The predicted molar refractivity (Wildman–Crippen MR) is 251 cm³/mol. The van der Waals surface area contributed by atoms with Crippen molar-refractivity contribution in [2.75, 3.05) is 75.5 Å². The highest BCUT2D eigenvalue weighted by molar-refractivity contribution is 7.90. The van der Waals surface area contributed by atoms with Gasteiger partial charge in [-0.15, -0.1) is 0 Å². The third-order valence-electron chi connectivity index (χ3n) is 13.1. The molecular formula is C48H54ClN7O8S. The number of aromatic nitrogens is 2. The Morgan fingerprint density at radius 3 is 2.54 bits per heavy atom. The van der Waals surface area contributed by atoms with Crippen LogP contribution in [-0.4, -0.2) is 99.8 Å². The number of nitro groups is 1. The molecule has 5 heterocycles. The van der Waals surface area contributed by atoms with Crippen molar-refractivity contribution in [3.8, 4) is 11.6 Å². The molecule has 2 saturated heterocycles. The number of anilines is 3. The number of piperazine rings is 1. The summed E-state index contributed by atoms with van der Waals surface area (Å²) in [5.74, 6) is -0.381. The number of carbonyl (C=O) groups is 1. The topological polar surface area (TPSA) is 172 Å². The fourth-order valence-corrected chi connectivity index (χ4v) is 10.4. The molecule has 2 aromatic heterocycles. The third kappa shape index (κ3) is 9.95. The van der Waals surface area contributed by atoms with Crippen molar-refractivity contribution in [1.82, 2.24) is 19.6 Å². The zero-order valence-corrected chi connectivity index (χ0v) is 38.3. The van der Waals surface area contributed by atoms with E-state index in [0.29, 0.717) is 55.7 Å². The summed E-state index contributed by atoms with van der Waals surface area (Å²) in [4.78, 5) is 40.1. The lowest BCUT2D eigenvalue weighted by Crippen LogP contribution is -2.47. The number of hydrogen-bond acceptors (Lipinski definition) is 12. The van der Waals surface area contributed by atoms with Gasteiger partial charge < -0.3 is 29.0 Å². The maximum Gasteiger partial charge on any atom is 0.312 e. The minimum Gasteiger partial charge on any atom is -0.487 e. The first-order valence-electron chi connectivity index (χ1n) is 22.3. The Morgan fingerprint density at radius 2 is 1.77 bits per heavy atom. The van der Waals surface area contributed by atoms with Crippen LogP contribution in [0.5, 0.6) is 11.6 Å². The number of hydrogen-bond donors (Lipinski definition) is 2. The minimum absolute atomic E-state index is 0.0459. The van der Waals surface area contributed by atoms with E-state index in [9.17, 15) is 23.3 Å². The maximum absolute atomic E-state index is 14.4. The van der Waals surface area contributed by atoms with Crippen molar-refractivity contribution in [1.29, 1.82) is 0 Å². The van der Waals surface area contributed by atoms with Crippen LogP contribution in [0.1, 0.15) is 68.3 Å². The number of allylic oxidation sites excluding steroid dienone is 1. The molecule has 4 aliphatic rings. The summed E-state index contributed by atoms with van der Waals surface area (Å²) in [7, 11) is -4.59. The second kappa shape index (κ2) is 18.7. The van der Waals surface area contributed by atoms with Gasteiger partial charge in [-0.25, -0.2) is 13.1 Å². The fraction of sp³-hybridized carbons (Fsp3) is 0.417. The van der Waals surface area contributed by atoms with E-state index in [1.54, 1.807) is 12.3 Å². The molecule has 1 aliphatic carbocycles. The number of pyridine rings is 1. The first-order chi connectivity index (χ1) is 31.3. The monoisotopic (exact) mass is 923 g/mol. The van der Waals surface area contributed by atoms with Gasteiger partial charge in [0.25, 0.3) is 15.9 Å². The molecule has 0 spiro atoms. The number of rotatable bonds is 12. The Labute approximate surface area is 383 Å². The summed E-state index contributed by atoms with van der Waals surface area (Å²) in [6.45, 7) is 11.0. The lowest BCUT2D eigenvalue weighted by atomic mass is 9.72. The van der Waals surface area contributed by atoms with E-state index < -0.39 is 31.4 Å². The van der Waals surface area contributed by atoms with Gasteiger partial charge in [0, 0.05) is 80.8 Å². The molecule has 17 heteroatoms. The Kier molecular flexibility index (Phi) is 12.8. The predicted octanol–water partition coefficient (Wildman–Crippen LogP) is 8.76. The number of nitrogens with one attached hydrogen (secondary N) is 2. The van der Waals surface area contributed by atoms with E-state index in [2.05, 4.69) is 45.5 Å². The van der Waals surface area contributed by atoms with E-state index in [1.165, 1.54) is 28.8 Å². The number of nitrogens with zero attached hydrogens (tertiary/aromatic N) is 5. The number of benzene rings is 3. The third-order valence-corrected chi connectivity index (χ3v) is 14.6. The number of carbonyl (C=O) groups excluding carboxylic acids is 1. The lowest BCUT2D eigenvalue weighted by molar-refractivity contribution is -0.386. The molecule has 342 valence electrons. The quantitative estimate of drug-likeness (QED) is 0.0902. The van der Waals surface area contributed by atoms with Crippen molar-refractivity contribution in [3.63, 3.8) is 0 Å². The van der Waals surface area contributed by atoms with Gasteiger partial charge in [-0.05, 0) is 116 Å². The number of halogens is 1. The summed E-state index contributed by atoms with van der Waals surface area (Å²) in [5, 5.41) is 13.7. The Morgan fingerprint density at radius 1 is 0.985 bits per heavy atom. The molecule has 0 radical (unpaired) electrons. The number of sulfonamides is 1. The first kappa shape index (κ1) is 44.5. The summed E-state index contributed by atoms with van der Waals surface area (Å²) in [6, 6.07) is 20.9. The molecule has 0 atom stereocenters. The molecule has 2 fully saturated rings. The van der Waals surface area contributed by atoms with Gasteiger partial charge in [0.2, 0.25) is 5.88 Å². The Bertz CT molecular complexity index is 2730. The number of nitro benzene ring substituents is 1. The Balaban J connectivity index is 0.986. The highest BCUT2D eigenvalue weighted by Crippen LogP contribution is 2.44. The van der Waals surface area contributed by atoms with Gasteiger partial charge >= 0.3 is 5.69 Å². The van der Waals surface area contributed by atoms with E-state index >= 15 is 0 Å². The van der Waals surface area contributed by atoms with Crippen molar-refractivity contribution in [2.24, 2.45) is 11.3 Å². The van der Waals surface area contributed by atoms with Gasteiger partial charge in [0.15, 0.2) is 5.75 Å². The van der Waals surface area contributed by atoms with E-state index in [4.69, 9.17) is 30.8 Å². The molecule has 65 heavy (non-hydrogen) atoms. The first-order valence-corrected chi connectivity index (χ1v) is 24.2. The minimum atomic E-state index is -4.59. The molecule has 3 aromatic carbocycles. The van der Waals surface area contributed by atoms with Gasteiger partial charge in [-0.3, -0.25) is 19.8 Å². The molecule has 2 N–H and O–H groups in total. The van der Waals surface area contributed by atoms with Crippen LogP contribution in [0.2, 0.25) is 5.02 Å². The SMILES string of the molecule is CC1(C)CCC(CN2CCN(c3ccc(C(=O)NS(=O)(=O)c4ccc(OCC5CCOCC5)c([N+](=O)[O-])c4)c(N4CCCOc5nc6[nH]ccc6cc54)c3)CC2)=C(c2ccc(Cl)cc2)C1. The standard InChI is InChI=1S/C48H54ClN7O8S/c1-48(2)16-12-35(40(29-48)33-4-6-36(49)7-5-33)30-53-19-21-54(22-20-53)37-8-10-39(41(27-37)55-18-3-23-63-47-43(55)26-34-13-17-50-45(34)51-47)46(57)52-65(60,61)38-9-11-44(42(28-38)56(58)59)64-31-32-14-24-62-25-15-32/h4-11,13,17,26-28,32H,3,12,14-16,18-25,29-31H2,1-2H3,(H,50,51)(H,52,57). The second-order valence-electron chi connectivity index (χ2n) is 18.2. The summed E-state index contributed by atoms with van der Waals surface area (Å²) >= 11 is 6.27. The maximum atomic E-state index is 14.4. The normalized spacial score (nSPS) is 18.5. The average molecular weight is 925 g/mol. The number of amides is 1. The van der Waals surface area contributed by atoms with E-state index in [1.807, 2.05) is 41.3 Å². The van der Waals surface area contributed by atoms with Crippen LogP contribution >= 0.6 is 11.6 Å². The molecule has 0 bridgehead atoms. The van der Waals surface area contributed by atoms with Crippen molar-refractivity contribution >= 4 is 66.9 Å². The fourth-order valence-electron chi connectivity index (χ4n) is 9.33. The number of fused-ring (bicyclic) bond motifs is 2. The lowest BCUT2D eigenvalue weighted by Gasteiger charge is -2.39. The molecule has 3 aliphatic heterocycles. The van der Waals surface area contributed by atoms with Gasteiger partial charge in [-0.1, -0.05) is 43.2 Å². The summed E-state index contributed by atoms with van der Waals surface area (Å²) in [5.41, 5.74) is 6.60. The van der Waals surface area contributed by atoms with E-state index in [-0.39, 0.29) is 29.3 Å². The van der Waals surface area contributed by atoms with Crippen LogP contribution in [0.3, 0.4) is 0 Å². The smallest absolute Gasteiger partial charge is 0.312 e. The highest BCUT2D eigenvalue weighted by Gasteiger charge is 2.32. The molecule has 15 nitrogen and oxygen atoms in total. The number of ether oxygens (including phenoxy) is 3. The van der Waals surface area contributed by atoms with Crippen LogP contribution in [0.15, 0.2) is 89.5 Å². The van der Waals surface area contributed by atoms with Gasteiger partial charge in [-0.2, -0.15) is 4.98 Å². The van der Waals surface area contributed by atoms with Crippen LogP contribution < -0.4 is 24.0 Å². The molecular weight excluding hydrogens is 870 g/mol. The van der Waals surface area contributed by atoms with Crippen LogP contribution in [0.4, 0.5) is 22.7 Å². The van der Waals surface area contributed by atoms with Gasteiger partial charge in [0.1, 0.15) is 11.3 Å². The molecule has 0 saturated carbocycles. The van der Waals surface area contributed by atoms with E-state index in [0.717, 1.165) is 87.0 Å². The van der Waals surface area contributed by atoms with Crippen molar-refractivity contribution in [3.05, 3.63) is 111 Å². The average Bonchev–Trinajstić information content (AvgIpc) is 3.66. The molecule has 1 amide bonds. The molecule has 9 rings (SSSR count). The number of H-pyrrole nitrogens is 1. The zero-order valence-electron chi connectivity index (χ0n) is 36.7. The van der Waals surface area contributed by atoms with Crippen LogP contribution in [0.25, 0.3) is 16.6 Å². The largest absolute Gasteiger partial charge is 0.487 e. The summed E-state index contributed by atoms with van der Waals surface area (Å²) < 4.78 is 47.4. The van der Waals surface area contributed by atoms with Crippen molar-refractivity contribution in [2.45, 2.75) is 57.3 Å². The highest BCUT2D eigenvalue weighted by atomic mass is 35.5.